The van der Waals surface area contributed by atoms with Crippen molar-refractivity contribution in [3.05, 3.63) is 70.2 Å². The lowest BCUT2D eigenvalue weighted by Gasteiger charge is -2.26. The summed E-state index contributed by atoms with van der Waals surface area (Å²) in [5, 5.41) is 2.21. The van der Waals surface area contributed by atoms with Gasteiger partial charge in [-0.05, 0) is 42.8 Å². The summed E-state index contributed by atoms with van der Waals surface area (Å²) < 4.78 is 11.5. The summed E-state index contributed by atoms with van der Waals surface area (Å²) in [7, 11) is 1.48. The van der Waals surface area contributed by atoms with Crippen LogP contribution in [0.2, 0.25) is 0 Å². The molecule has 30 heavy (non-hydrogen) atoms. The maximum absolute atomic E-state index is 13.0. The van der Waals surface area contributed by atoms with E-state index in [-0.39, 0.29) is 12.2 Å². The smallest absolute Gasteiger partial charge is 0.335 e. The van der Waals surface area contributed by atoms with Crippen LogP contribution in [0.5, 0.6) is 11.5 Å². The van der Waals surface area contributed by atoms with Gasteiger partial charge in [-0.25, -0.2) is 9.69 Å². The quantitative estimate of drug-likeness (QED) is 0.391. The van der Waals surface area contributed by atoms with Crippen molar-refractivity contribution in [1.29, 1.82) is 0 Å². The maximum atomic E-state index is 13.0. The van der Waals surface area contributed by atoms with Gasteiger partial charge in [0.25, 0.3) is 11.8 Å². The second-order valence-corrected chi connectivity index (χ2v) is 7.27. The molecule has 2 aromatic rings. The molecule has 1 saturated heterocycles. The maximum Gasteiger partial charge on any atom is 0.335 e. The molecule has 8 heteroatoms. The zero-order valence-electron chi connectivity index (χ0n) is 16.4. The lowest BCUT2D eigenvalue weighted by molar-refractivity contribution is -0.122. The number of benzene rings is 2. The first-order valence-electron chi connectivity index (χ1n) is 8.95. The highest BCUT2D eigenvalue weighted by Crippen LogP contribution is 2.35. The largest absolute Gasteiger partial charge is 0.493 e. The zero-order chi connectivity index (χ0) is 21.8. The topological polar surface area (TPSA) is 84.9 Å². The average Bonchev–Trinajstić information content (AvgIpc) is 2.71. The van der Waals surface area contributed by atoms with Crippen LogP contribution in [-0.2, 0) is 9.59 Å². The van der Waals surface area contributed by atoms with Crippen molar-refractivity contribution < 1.29 is 23.9 Å². The van der Waals surface area contributed by atoms with Crippen LogP contribution in [-0.4, -0.2) is 31.6 Å². The Labute approximate surface area is 182 Å². The SMILES string of the molecule is C=CCOc1cc(Br)c(/C=C2\C(=O)NC(=O)N(c3ccc(C)cc3)C2=O)cc1OC. The Morgan fingerprint density at radius 3 is 2.47 bits per heavy atom. The van der Waals surface area contributed by atoms with Crippen LogP contribution in [0.3, 0.4) is 0 Å². The molecule has 7 nitrogen and oxygen atoms in total. The van der Waals surface area contributed by atoms with Gasteiger partial charge >= 0.3 is 6.03 Å². The fourth-order valence-electron chi connectivity index (χ4n) is 2.82. The number of imide groups is 2. The number of rotatable bonds is 6. The number of carbonyl (C=O) groups is 3. The van der Waals surface area contributed by atoms with E-state index >= 15 is 0 Å². The first kappa shape index (κ1) is 21.3. The number of barbiturate groups is 1. The Morgan fingerprint density at radius 1 is 1.13 bits per heavy atom. The summed E-state index contributed by atoms with van der Waals surface area (Å²) in [5.74, 6) is -0.596. The van der Waals surface area contributed by atoms with E-state index in [9.17, 15) is 14.4 Å². The first-order chi connectivity index (χ1) is 14.3. The molecule has 1 heterocycles. The summed E-state index contributed by atoms with van der Waals surface area (Å²) in [6.45, 7) is 5.79. The minimum atomic E-state index is -0.796. The molecule has 0 radical (unpaired) electrons. The van der Waals surface area contributed by atoms with Gasteiger partial charge in [0.2, 0.25) is 0 Å². The molecule has 0 saturated carbocycles. The number of nitrogens with one attached hydrogen (secondary N) is 1. The number of carbonyl (C=O) groups excluding carboxylic acids is 3. The van der Waals surface area contributed by atoms with E-state index < -0.39 is 17.8 Å². The van der Waals surface area contributed by atoms with Crippen LogP contribution >= 0.6 is 15.9 Å². The van der Waals surface area contributed by atoms with E-state index in [1.807, 2.05) is 6.92 Å². The van der Waals surface area contributed by atoms with Gasteiger partial charge in [0.1, 0.15) is 12.2 Å². The van der Waals surface area contributed by atoms with Crippen LogP contribution < -0.4 is 19.7 Å². The van der Waals surface area contributed by atoms with Gasteiger partial charge in [-0.3, -0.25) is 14.9 Å². The lowest BCUT2D eigenvalue weighted by Crippen LogP contribution is -2.54. The number of anilines is 1. The molecule has 1 N–H and O–H groups in total. The fourth-order valence-corrected chi connectivity index (χ4v) is 3.26. The van der Waals surface area contributed by atoms with Crippen LogP contribution in [0.15, 0.2) is 59.1 Å². The molecule has 2 aromatic carbocycles. The van der Waals surface area contributed by atoms with Gasteiger partial charge in [-0.15, -0.1) is 0 Å². The van der Waals surface area contributed by atoms with Gasteiger partial charge in [0.05, 0.1) is 12.8 Å². The molecule has 0 spiro atoms. The highest BCUT2D eigenvalue weighted by atomic mass is 79.9. The van der Waals surface area contributed by atoms with Crippen molar-refractivity contribution in [1.82, 2.24) is 5.32 Å². The summed E-state index contributed by atoms with van der Waals surface area (Å²) in [5.41, 5.74) is 1.67. The number of nitrogens with zero attached hydrogens (tertiary/aromatic N) is 1. The second kappa shape index (κ2) is 8.96. The predicted molar refractivity (Wildman–Crippen MR) is 117 cm³/mol. The van der Waals surface area contributed by atoms with Crippen LogP contribution in [0, 0.1) is 6.92 Å². The van der Waals surface area contributed by atoms with Gasteiger partial charge in [0, 0.05) is 4.47 Å². The Hall–Kier alpha value is -3.39. The predicted octanol–water partition coefficient (Wildman–Crippen LogP) is 4.00. The normalized spacial score (nSPS) is 15.2. The highest BCUT2D eigenvalue weighted by molar-refractivity contribution is 9.10. The third-order valence-corrected chi connectivity index (χ3v) is 5.02. The number of aryl methyl sites for hydroxylation is 1. The molecule has 4 amide bonds. The fraction of sp³-hybridized carbons (Fsp3) is 0.136. The molecule has 0 bridgehead atoms. The molecule has 1 fully saturated rings. The average molecular weight is 471 g/mol. The van der Waals surface area contributed by atoms with Crippen molar-refractivity contribution >= 4 is 45.5 Å². The standard InChI is InChI=1S/C22H19BrN2O5/c1-4-9-30-19-12-17(23)14(11-18(19)29-3)10-16-20(26)24-22(28)25(21(16)27)15-7-5-13(2)6-8-15/h4-8,10-12H,1,9H2,2-3H3,(H,24,26,28)/b16-10+. The van der Waals surface area contributed by atoms with Crippen LogP contribution in [0.1, 0.15) is 11.1 Å². The summed E-state index contributed by atoms with van der Waals surface area (Å²) in [6, 6.07) is 9.34. The van der Waals surface area contributed by atoms with E-state index in [4.69, 9.17) is 9.47 Å². The third-order valence-electron chi connectivity index (χ3n) is 4.33. The molecular weight excluding hydrogens is 452 g/mol. The van der Waals surface area contributed by atoms with Crippen molar-refractivity contribution in [3.63, 3.8) is 0 Å². The molecular formula is C22H19BrN2O5. The van der Waals surface area contributed by atoms with E-state index in [1.54, 1.807) is 42.5 Å². The minimum Gasteiger partial charge on any atom is -0.493 e. The Kier molecular flexibility index (Phi) is 6.37. The Balaban J connectivity index is 2.02. The zero-order valence-corrected chi connectivity index (χ0v) is 18.0. The first-order valence-corrected chi connectivity index (χ1v) is 9.74. The molecule has 154 valence electrons. The molecule has 3 rings (SSSR count). The minimum absolute atomic E-state index is 0.183. The molecule has 1 aliphatic heterocycles. The summed E-state index contributed by atoms with van der Waals surface area (Å²) in [4.78, 5) is 38.6. The van der Waals surface area contributed by atoms with E-state index in [0.717, 1.165) is 10.5 Å². The molecule has 1 aliphatic rings. The van der Waals surface area contributed by atoms with Gasteiger partial charge < -0.3 is 9.47 Å². The third kappa shape index (κ3) is 4.28. The molecule has 0 atom stereocenters. The van der Waals surface area contributed by atoms with Crippen LogP contribution in [0.4, 0.5) is 10.5 Å². The number of halogens is 1. The van der Waals surface area contributed by atoms with Crippen molar-refractivity contribution in [3.8, 4) is 11.5 Å². The monoisotopic (exact) mass is 470 g/mol. The number of amides is 4. The number of hydrogen-bond acceptors (Lipinski definition) is 5. The van der Waals surface area contributed by atoms with Gasteiger partial charge in [-0.1, -0.05) is 46.3 Å². The van der Waals surface area contributed by atoms with Crippen LogP contribution in [0.25, 0.3) is 6.08 Å². The van der Waals surface area contributed by atoms with Crippen molar-refractivity contribution in [2.75, 3.05) is 18.6 Å². The van der Waals surface area contributed by atoms with Crippen molar-refractivity contribution in [2.24, 2.45) is 0 Å². The lowest BCUT2D eigenvalue weighted by atomic mass is 10.1. The molecule has 0 aromatic heterocycles. The second-order valence-electron chi connectivity index (χ2n) is 6.42. The van der Waals surface area contributed by atoms with E-state index in [2.05, 4.69) is 27.8 Å². The Bertz CT molecular complexity index is 1060. The van der Waals surface area contributed by atoms with Gasteiger partial charge in [0.15, 0.2) is 11.5 Å². The number of methoxy groups -OCH3 is 1. The summed E-state index contributed by atoms with van der Waals surface area (Å²) in [6.07, 6.45) is 3.00. The van der Waals surface area contributed by atoms with E-state index in [1.165, 1.54) is 13.2 Å². The molecule has 0 unspecified atom stereocenters. The number of ether oxygens (including phenoxy) is 2. The summed E-state index contributed by atoms with van der Waals surface area (Å²) >= 11 is 3.42. The molecule has 0 aliphatic carbocycles. The number of urea groups is 1. The van der Waals surface area contributed by atoms with Gasteiger partial charge in [-0.2, -0.15) is 0 Å². The van der Waals surface area contributed by atoms with E-state index in [0.29, 0.717) is 27.2 Å². The highest BCUT2D eigenvalue weighted by Gasteiger charge is 2.36. The Morgan fingerprint density at radius 2 is 1.83 bits per heavy atom. The number of hydrogen-bond donors (Lipinski definition) is 1. The van der Waals surface area contributed by atoms with Crippen molar-refractivity contribution in [2.45, 2.75) is 6.92 Å².